The molecule has 3 fully saturated rings. The molecule has 1 saturated carbocycles. The van der Waals surface area contributed by atoms with Gasteiger partial charge in [0.2, 0.25) is 5.91 Å². The van der Waals surface area contributed by atoms with Gasteiger partial charge in [0.1, 0.15) is 6.04 Å². The standard InChI is InChI=1S/C35H45N5O4/c1-23(41)25-8-6-24(7-9-25)20-31(42)32-29-4-3-5-30(38-15-10-27(44-2)11-16-38)28(29)12-17-40(32)33(43)26-21-35(22-26)13-18-39(19-14-35)34(36)37/h3-9,26-27,32H,10-22H2,1-2H3,(H3,36,37)/t32-/m0/s1. The summed E-state index contributed by atoms with van der Waals surface area (Å²) in [6.07, 6.45) is 6.71. The van der Waals surface area contributed by atoms with Crippen LogP contribution in [0.5, 0.6) is 0 Å². The zero-order chi connectivity index (χ0) is 31.0. The second-order valence-electron chi connectivity index (χ2n) is 13.3. The van der Waals surface area contributed by atoms with E-state index >= 15 is 0 Å². The molecule has 2 aromatic carbocycles. The van der Waals surface area contributed by atoms with E-state index in [1.165, 1.54) is 18.2 Å². The van der Waals surface area contributed by atoms with Gasteiger partial charge in [0.15, 0.2) is 17.5 Å². The molecule has 9 nitrogen and oxygen atoms in total. The molecule has 9 heteroatoms. The molecule has 234 valence electrons. The van der Waals surface area contributed by atoms with E-state index in [1.54, 1.807) is 19.2 Å². The molecule has 3 aliphatic heterocycles. The molecule has 0 unspecified atom stereocenters. The van der Waals surface area contributed by atoms with Crippen LogP contribution in [-0.2, 0) is 27.2 Å². The van der Waals surface area contributed by atoms with Crippen LogP contribution >= 0.6 is 0 Å². The van der Waals surface area contributed by atoms with Crippen molar-refractivity contribution in [3.8, 4) is 0 Å². The number of fused-ring (bicyclic) bond motifs is 1. The van der Waals surface area contributed by atoms with Gasteiger partial charge in [-0.3, -0.25) is 19.8 Å². The molecule has 1 spiro atoms. The average molecular weight is 600 g/mol. The summed E-state index contributed by atoms with van der Waals surface area (Å²) >= 11 is 0. The third-order valence-corrected chi connectivity index (χ3v) is 10.7. The number of guanidine groups is 1. The molecule has 2 aromatic rings. The highest BCUT2D eigenvalue weighted by Gasteiger charge is 2.51. The Bertz CT molecular complexity index is 1420. The number of hydrogen-bond acceptors (Lipinski definition) is 6. The molecule has 6 rings (SSSR count). The van der Waals surface area contributed by atoms with E-state index in [0.29, 0.717) is 12.1 Å². The summed E-state index contributed by atoms with van der Waals surface area (Å²) in [6.45, 7) is 5.41. The number of carbonyl (C=O) groups is 3. The fraction of sp³-hybridized carbons (Fsp3) is 0.543. The smallest absolute Gasteiger partial charge is 0.226 e. The van der Waals surface area contributed by atoms with Crippen molar-refractivity contribution in [2.45, 2.75) is 70.4 Å². The molecule has 1 atom stereocenters. The number of piperidine rings is 2. The summed E-state index contributed by atoms with van der Waals surface area (Å²) in [5.74, 6) is 0.134. The predicted octanol–water partition coefficient (Wildman–Crippen LogP) is 4.13. The lowest BCUT2D eigenvalue weighted by atomic mass is 9.57. The number of nitrogens with zero attached hydrogens (tertiary/aromatic N) is 3. The van der Waals surface area contributed by atoms with Crippen LogP contribution in [0.3, 0.4) is 0 Å². The minimum Gasteiger partial charge on any atom is -0.381 e. The number of amides is 1. The van der Waals surface area contributed by atoms with Gasteiger partial charge in [0.05, 0.1) is 6.10 Å². The molecular formula is C35H45N5O4. The highest BCUT2D eigenvalue weighted by atomic mass is 16.5. The number of likely N-dealkylation sites (tertiary alicyclic amines) is 1. The molecule has 3 N–H and O–H groups in total. The number of carbonyl (C=O) groups excluding carboxylic acids is 3. The highest BCUT2D eigenvalue weighted by molar-refractivity contribution is 5.95. The first-order chi connectivity index (χ1) is 21.2. The topological polar surface area (TPSA) is 120 Å². The van der Waals surface area contributed by atoms with Crippen molar-refractivity contribution in [1.29, 1.82) is 5.41 Å². The Morgan fingerprint density at radius 1 is 0.977 bits per heavy atom. The van der Waals surface area contributed by atoms with Gasteiger partial charge in [-0.2, -0.15) is 0 Å². The summed E-state index contributed by atoms with van der Waals surface area (Å²) in [5, 5.41) is 7.75. The van der Waals surface area contributed by atoms with Crippen LogP contribution in [0.2, 0.25) is 0 Å². The van der Waals surface area contributed by atoms with Crippen molar-refractivity contribution in [2.24, 2.45) is 17.1 Å². The summed E-state index contributed by atoms with van der Waals surface area (Å²) < 4.78 is 5.60. The number of anilines is 1. The lowest BCUT2D eigenvalue weighted by Gasteiger charge is -2.53. The molecular weight excluding hydrogens is 554 g/mol. The maximum atomic E-state index is 14.2. The van der Waals surface area contributed by atoms with Crippen molar-refractivity contribution in [3.05, 3.63) is 64.7 Å². The number of nitrogens with one attached hydrogen (secondary N) is 1. The Morgan fingerprint density at radius 3 is 2.27 bits per heavy atom. The van der Waals surface area contributed by atoms with Gasteiger partial charge in [-0.1, -0.05) is 36.4 Å². The van der Waals surface area contributed by atoms with E-state index in [9.17, 15) is 14.4 Å². The number of ketones is 2. The average Bonchev–Trinajstić information content (AvgIpc) is 3.02. The van der Waals surface area contributed by atoms with Crippen LogP contribution in [0, 0.1) is 16.7 Å². The van der Waals surface area contributed by atoms with E-state index in [2.05, 4.69) is 11.0 Å². The molecule has 0 bridgehead atoms. The third-order valence-electron chi connectivity index (χ3n) is 10.7. The molecule has 3 heterocycles. The van der Waals surface area contributed by atoms with Gasteiger partial charge < -0.3 is 25.2 Å². The van der Waals surface area contributed by atoms with Crippen LogP contribution < -0.4 is 10.6 Å². The number of nitrogens with two attached hydrogens (primary N) is 1. The van der Waals surface area contributed by atoms with Crippen molar-refractivity contribution < 1.29 is 19.1 Å². The van der Waals surface area contributed by atoms with E-state index in [1.807, 2.05) is 34.1 Å². The summed E-state index contributed by atoms with van der Waals surface area (Å²) in [5.41, 5.74) is 10.6. The van der Waals surface area contributed by atoms with Crippen molar-refractivity contribution in [1.82, 2.24) is 9.80 Å². The summed E-state index contributed by atoms with van der Waals surface area (Å²) in [6, 6.07) is 12.9. The van der Waals surface area contributed by atoms with Crippen LogP contribution in [-0.4, -0.2) is 79.2 Å². The molecule has 2 saturated heterocycles. The largest absolute Gasteiger partial charge is 0.381 e. The van der Waals surface area contributed by atoms with E-state index < -0.39 is 6.04 Å². The van der Waals surface area contributed by atoms with E-state index in [4.69, 9.17) is 15.9 Å². The third kappa shape index (κ3) is 5.86. The predicted molar refractivity (Wildman–Crippen MR) is 170 cm³/mol. The van der Waals surface area contributed by atoms with Gasteiger partial charge in [-0.15, -0.1) is 0 Å². The number of hydrogen-bond donors (Lipinski definition) is 2. The maximum Gasteiger partial charge on any atom is 0.226 e. The second kappa shape index (κ2) is 12.3. The van der Waals surface area contributed by atoms with Crippen LogP contribution in [0.1, 0.15) is 78.5 Å². The van der Waals surface area contributed by atoms with Crippen molar-refractivity contribution in [2.75, 3.05) is 44.7 Å². The fourth-order valence-corrected chi connectivity index (χ4v) is 8.04. The molecule has 4 aliphatic rings. The molecule has 44 heavy (non-hydrogen) atoms. The van der Waals surface area contributed by atoms with E-state index in [0.717, 1.165) is 82.3 Å². The Balaban J connectivity index is 1.25. The molecule has 1 amide bonds. The Labute approximate surface area is 260 Å². The Hall–Kier alpha value is -3.72. The normalized spacial score (nSPS) is 22.0. The Morgan fingerprint density at radius 2 is 1.66 bits per heavy atom. The van der Waals surface area contributed by atoms with Crippen molar-refractivity contribution >= 4 is 29.1 Å². The zero-order valence-electron chi connectivity index (χ0n) is 26.0. The highest BCUT2D eigenvalue weighted by Crippen LogP contribution is 2.54. The minimum absolute atomic E-state index is 0.00634. The summed E-state index contributed by atoms with van der Waals surface area (Å²) in [7, 11) is 1.78. The maximum absolute atomic E-state index is 14.2. The van der Waals surface area contributed by atoms with Crippen molar-refractivity contribution in [3.63, 3.8) is 0 Å². The number of methoxy groups -OCH3 is 1. The number of benzene rings is 2. The van der Waals surface area contributed by atoms with Gasteiger partial charge in [0.25, 0.3) is 0 Å². The van der Waals surface area contributed by atoms with Crippen LogP contribution in [0.15, 0.2) is 42.5 Å². The van der Waals surface area contributed by atoms with Crippen LogP contribution in [0.25, 0.3) is 0 Å². The molecule has 0 aromatic heterocycles. The number of Topliss-reactive ketones (excluding diaryl/α,β-unsaturated/α-hetero) is 2. The lowest BCUT2D eigenvalue weighted by molar-refractivity contribution is -0.151. The first-order valence-electron chi connectivity index (χ1n) is 16.1. The number of rotatable bonds is 7. The lowest BCUT2D eigenvalue weighted by Crippen LogP contribution is -2.55. The van der Waals surface area contributed by atoms with Gasteiger partial charge in [-0.25, -0.2) is 0 Å². The Kier molecular flexibility index (Phi) is 8.51. The quantitative estimate of drug-likeness (QED) is 0.279. The first-order valence-corrected chi connectivity index (χ1v) is 16.1. The zero-order valence-corrected chi connectivity index (χ0v) is 26.0. The monoisotopic (exact) mass is 599 g/mol. The first kappa shape index (κ1) is 30.3. The second-order valence-corrected chi connectivity index (χ2v) is 13.3. The van der Waals surface area contributed by atoms with Crippen LogP contribution in [0.4, 0.5) is 5.69 Å². The molecule has 0 radical (unpaired) electrons. The van der Waals surface area contributed by atoms with Gasteiger partial charge >= 0.3 is 0 Å². The summed E-state index contributed by atoms with van der Waals surface area (Å²) in [4.78, 5) is 46.4. The minimum atomic E-state index is -0.633. The van der Waals surface area contributed by atoms with Gasteiger partial charge in [-0.05, 0) is 80.0 Å². The SMILES string of the molecule is COC1CCN(c2cccc3c2CCN(C(=O)C2CC4(CCN(C(=N)N)CC4)C2)[C@@H]3C(=O)Cc2ccc(C(C)=O)cc2)CC1. The van der Waals surface area contributed by atoms with Gasteiger partial charge in [0, 0.05) is 63.4 Å². The fourth-order valence-electron chi connectivity index (χ4n) is 8.04. The van der Waals surface area contributed by atoms with E-state index in [-0.39, 0.29) is 47.3 Å². The number of ether oxygens (including phenoxy) is 1. The molecule has 1 aliphatic carbocycles.